The molecule has 0 aromatic carbocycles. The zero-order chi connectivity index (χ0) is 15.4. The molecular weight excluding hydrogens is 270 g/mol. The number of hydrogen-bond acceptors (Lipinski definition) is 3. The van der Waals surface area contributed by atoms with Gasteiger partial charge in [-0.15, -0.1) is 0 Å². The van der Waals surface area contributed by atoms with Crippen LogP contribution in [0.4, 0.5) is 4.79 Å². The number of nitrogens with zero attached hydrogens (tertiary/aromatic N) is 2. The molecule has 1 saturated carbocycles. The highest BCUT2D eigenvalue weighted by molar-refractivity contribution is 6.06. The smallest absolute Gasteiger partial charge is 0.325 e. The second-order valence-corrected chi connectivity index (χ2v) is 6.01. The molecule has 0 aromatic rings. The van der Waals surface area contributed by atoms with E-state index in [4.69, 9.17) is 0 Å². The van der Waals surface area contributed by atoms with Crippen molar-refractivity contribution in [1.29, 1.82) is 0 Å². The summed E-state index contributed by atoms with van der Waals surface area (Å²) in [5.74, 6) is -0.421. The fourth-order valence-electron chi connectivity index (χ4n) is 3.13. The van der Waals surface area contributed by atoms with Crippen LogP contribution in [0.3, 0.4) is 0 Å². The lowest BCUT2D eigenvalue weighted by molar-refractivity contribution is -0.138. The average Bonchev–Trinajstić information content (AvgIpc) is 2.75. The molecular formula is C15H25N3O3. The van der Waals surface area contributed by atoms with Gasteiger partial charge in [-0.05, 0) is 19.3 Å². The van der Waals surface area contributed by atoms with E-state index in [1.165, 1.54) is 6.42 Å². The summed E-state index contributed by atoms with van der Waals surface area (Å²) in [6.07, 6.45) is 6.98. The van der Waals surface area contributed by atoms with Crippen molar-refractivity contribution in [2.75, 3.05) is 13.6 Å². The van der Waals surface area contributed by atoms with Crippen LogP contribution < -0.4 is 5.32 Å². The highest BCUT2D eigenvalue weighted by Gasteiger charge is 2.39. The molecule has 0 bridgehead atoms. The molecule has 1 N–H and O–H groups in total. The Balaban J connectivity index is 1.92. The SMILES string of the molecule is CCC[C@H]1NC(=O)N(CC(=O)N(C)C2CCCCC2)C1=O. The van der Waals surface area contributed by atoms with Gasteiger partial charge >= 0.3 is 6.03 Å². The van der Waals surface area contributed by atoms with E-state index in [1.807, 2.05) is 6.92 Å². The quantitative estimate of drug-likeness (QED) is 0.781. The zero-order valence-electron chi connectivity index (χ0n) is 12.9. The molecule has 0 unspecified atom stereocenters. The van der Waals surface area contributed by atoms with Crippen molar-refractivity contribution >= 4 is 17.8 Å². The van der Waals surface area contributed by atoms with Crippen LogP contribution in [0.2, 0.25) is 0 Å². The van der Waals surface area contributed by atoms with Crippen LogP contribution in [0.15, 0.2) is 0 Å². The molecule has 1 aliphatic carbocycles. The van der Waals surface area contributed by atoms with Crippen molar-refractivity contribution in [2.24, 2.45) is 0 Å². The standard InChI is InChI=1S/C15H25N3O3/c1-3-7-12-14(20)18(15(21)16-12)10-13(19)17(2)11-8-5-4-6-9-11/h11-12H,3-10H2,1-2H3,(H,16,21)/t12-/m1/s1. The van der Waals surface area contributed by atoms with Crippen molar-refractivity contribution in [2.45, 2.75) is 64.0 Å². The van der Waals surface area contributed by atoms with E-state index in [0.29, 0.717) is 6.42 Å². The van der Waals surface area contributed by atoms with Crippen molar-refractivity contribution in [3.05, 3.63) is 0 Å². The van der Waals surface area contributed by atoms with Gasteiger partial charge < -0.3 is 10.2 Å². The third-order valence-corrected chi connectivity index (χ3v) is 4.49. The van der Waals surface area contributed by atoms with Gasteiger partial charge in [-0.25, -0.2) is 4.79 Å². The van der Waals surface area contributed by atoms with E-state index in [1.54, 1.807) is 11.9 Å². The van der Waals surface area contributed by atoms with Gasteiger partial charge in [0, 0.05) is 13.1 Å². The van der Waals surface area contributed by atoms with Gasteiger partial charge in [0.25, 0.3) is 5.91 Å². The molecule has 6 heteroatoms. The fourth-order valence-corrected chi connectivity index (χ4v) is 3.13. The minimum Gasteiger partial charge on any atom is -0.341 e. The minimum atomic E-state index is -0.463. The average molecular weight is 295 g/mol. The number of rotatable bonds is 5. The van der Waals surface area contributed by atoms with Crippen LogP contribution in [0, 0.1) is 0 Å². The first-order valence-corrected chi connectivity index (χ1v) is 7.92. The molecule has 1 saturated heterocycles. The Morgan fingerprint density at radius 1 is 1.29 bits per heavy atom. The Labute approximate surface area is 125 Å². The molecule has 1 atom stereocenters. The summed E-state index contributed by atoms with van der Waals surface area (Å²) in [5, 5.41) is 2.65. The molecule has 6 nitrogen and oxygen atoms in total. The van der Waals surface area contributed by atoms with Crippen molar-refractivity contribution in [3.63, 3.8) is 0 Å². The van der Waals surface area contributed by atoms with Gasteiger partial charge in [-0.1, -0.05) is 32.6 Å². The molecule has 2 fully saturated rings. The second-order valence-electron chi connectivity index (χ2n) is 6.01. The van der Waals surface area contributed by atoms with Crippen molar-refractivity contribution < 1.29 is 14.4 Å². The number of amides is 4. The van der Waals surface area contributed by atoms with Crippen LogP contribution in [0.1, 0.15) is 51.9 Å². The summed E-state index contributed by atoms with van der Waals surface area (Å²) >= 11 is 0. The molecule has 1 heterocycles. The normalized spacial score (nSPS) is 23.3. The molecule has 0 radical (unpaired) electrons. The van der Waals surface area contributed by atoms with Gasteiger partial charge in [0.2, 0.25) is 5.91 Å². The fraction of sp³-hybridized carbons (Fsp3) is 0.800. The van der Waals surface area contributed by atoms with Crippen molar-refractivity contribution in [1.82, 2.24) is 15.1 Å². The largest absolute Gasteiger partial charge is 0.341 e. The predicted octanol–water partition coefficient (Wildman–Crippen LogP) is 1.50. The molecule has 118 valence electrons. The van der Waals surface area contributed by atoms with Crippen LogP contribution in [-0.2, 0) is 9.59 Å². The molecule has 4 amide bonds. The number of hydrogen-bond donors (Lipinski definition) is 1. The minimum absolute atomic E-state index is 0.141. The van der Waals surface area contributed by atoms with Crippen LogP contribution in [0.25, 0.3) is 0 Å². The first kappa shape index (κ1) is 15.8. The lowest BCUT2D eigenvalue weighted by Gasteiger charge is -2.32. The van der Waals surface area contributed by atoms with E-state index in [-0.39, 0.29) is 24.4 Å². The number of nitrogens with one attached hydrogen (secondary N) is 1. The predicted molar refractivity (Wildman–Crippen MR) is 78.6 cm³/mol. The number of carbonyl (C=O) groups is 3. The summed E-state index contributed by atoms with van der Waals surface area (Å²) in [7, 11) is 1.78. The topological polar surface area (TPSA) is 69.7 Å². The van der Waals surface area contributed by atoms with Gasteiger partial charge in [0.1, 0.15) is 12.6 Å². The summed E-state index contributed by atoms with van der Waals surface area (Å²) < 4.78 is 0. The third kappa shape index (κ3) is 3.54. The van der Waals surface area contributed by atoms with Gasteiger partial charge in [0.15, 0.2) is 0 Å². The van der Waals surface area contributed by atoms with E-state index in [0.717, 1.165) is 37.0 Å². The Bertz CT molecular complexity index is 418. The number of carbonyl (C=O) groups excluding carboxylic acids is 3. The highest BCUT2D eigenvalue weighted by Crippen LogP contribution is 2.22. The Kier molecular flexibility index (Phi) is 5.20. The van der Waals surface area contributed by atoms with Gasteiger partial charge in [-0.3, -0.25) is 14.5 Å². The highest BCUT2D eigenvalue weighted by atomic mass is 16.2. The molecule has 0 aromatic heterocycles. The Morgan fingerprint density at radius 2 is 1.95 bits per heavy atom. The first-order chi connectivity index (χ1) is 10.0. The molecule has 1 aliphatic heterocycles. The van der Waals surface area contributed by atoms with Gasteiger partial charge in [-0.2, -0.15) is 0 Å². The molecule has 2 aliphatic rings. The molecule has 0 spiro atoms. The van der Waals surface area contributed by atoms with Crippen LogP contribution in [-0.4, -0.2) is 53.3 Å². The van der Waals surface area contributed by atoms with E-state index < -0.39 is 12.1 Å². The maximum Gasteiger partial charge on any atom is 0.325 e. The van der Waals surface area contributed by atoms with E-state index >= 15 is 0 Å². The Morgan fingerprint density at radius 3 is 2.57 bits per heavy atom. The third-order valence-electron chi connectivity index (χ3n) is 4.49. The summed E-state index contributed by atoms with van der Waals surface area (Å²) in [4.78, 5) is 39.0. The maximum atomic E-state index is 12.3. The van der Waals surface area contributed by atoms with Crippen LogP contribution in [0.5, 0.6) is 0 Å². The summed E-state index contributed by atoms with van der Waals surface area (Å²) in [6, 6.07) is -0.655. The summed E-state index contributed by atoms with van der Waals surface area (Å²) in [5.41, 5.74) is 0. The monoisotopic (exact) mass is 295 g/mol. The van der Waals surface area contributed by atoms with E-state index in [9.17, 15) is 14.4 Å². The summed E-state index contributed by atoms with van der Waals surface area (Å²) in [6.45, 7) is 1.82. The van der Waals surface area contributed by atoms with Crippen LogP contribution >= 0.6 is 0 Å². The maximum absolute atomic E-state index is 12.3. The number of likely N-dealkylation sites (N-methyl/N-ethyl adjacent to an activating group) is 1. The molecule has 2 rings (SSSR count). The first-order valence-electron chi connectivity index (χ1n) is 7.92. The second kappa shape index (κ2) is 6.91. The number of imide groups is 1. The lowest BCUT2D eigenvalue weighted by Crippen LogP contribution is -2.46. The van der Waals surface area contributed by atoms with Gasteiger partial charge in [0.05, 0.1) is 0 Å². The Hall–Kier alpha value is -1.59. The zero-order valence-corrected chi connectivity index (χ0v) is 12.9. The van der Waals surface area contributed by atoms with Crippen molar-refractivity contribution in [3.8, 4) is 0 Å². The van der Waals surface area contributed by atoms with E-state index in [2.05, 4.69) is 5.32 Å². The molecule has 21 heavy (non-hydrogen) atoms. The number of urea groups is 1. The lowest BCUT2D eigenvalue weighted by atomic mass is 9.94.